The first-order valence-electron chi connectivity index (χ1n) is 16.8. The van der Waals surface area contributed by atoms with Crippen LogP contribution in [-0.2, 0) is 44.7 Å². The van der Waals surface area contributed by atoms with Gasteiger partial charge in [-0.15, -0.1) is 0 Å². The van der Waals surface area contributed by atoms with E-state index in [1.54, 1.807) is 56.3 Å². The lowest BCUT2D eigenvalue weighted by Crippen LogP contribution is -2.55. The van der Waals surface area contributed by atoms with Crippen LogP contribution in [0.2, 0.25) is 0 Å². The van der Waals surface area contributed by atoms with E-state index in [1.165, 1.54) is 12.0 Å². The monoisotopic (exact) mass is 726 g/mol. The maximum absolute atomic E-state index is 13.9. The second-order valence-corrected chi connectivity index (χ2v) is 12.9. The Labute approximate surface area is 301 Å². The number of carboxylic acids is 2. The molecule has 0 aliphatic carbocycles. The second kappa shape index (κ2) is 19.2. The molecule has 4 N–H and O–H groups in total. The maximum atomic E-state index is 13.9. The van der Waals surface area contributed by atoms with Gasteiger partial charge < -0.3 is 44.5 Å². The van der Waals surface area contributed by atoms with Crippen LogP contribution >= 0.6 is 0 Å². The molecule has 1 saturated heterocycles. The molecule has 1 unspecified atom stereocenters. The van der Waals surface area contributed by atoms with Crippen LogP contribution in [0.1, 0.15) is 69.6 Å². The number of carbonyl (C=O) groups is 6. The molecule has 2 amide bonds. The number of methoxy groups -OCH3 is 1. The molecule has 1 fully saturated rings. The number of nitrogens with one attached hydrogen (secondary N) is 1. The average Bonchev–Trinajstić information content (AvgIpc) is 3.13. The summed E-state index contributed by atoms with van der Waals surface area (Å²) in [5.41, 5.74) is 0.425. The molecule has 15 nitrogen and oxygen atoms in total. The summed E-state index contributed by atoms with van der Waals surface area (Å²) in [4.78, 5) is 74.8. The Hall–Kier alpha value is -5.44. The van der Waals surface area contributed by atoms with Crippen molar-refractivity contribution in [3.63, 3.8) is 0 Å². The summed E-state index contributed by atoms with van der Waals surface area (Å²) in [7, 11) is 1.41. The number of amides is 2. The highest BCUT2D eigenvalue weighted by atomic mass is 16.5. The molecule has 15 heteroatoms. The number of hydrogen-bond donors (Lipinski definition) is 4. The number of aryl methyl sites for hydroxylation is 1. The second-order valence-electron chi connectivity index (χ2n) is 12.9. The van der Waals surface area contributed by atoms with Gasteiger partial charge in [0.2, 0.25) is 5.91 Å². The lowest BCUT2D eigenvalue weighted by molar-refractivity contribution is -0.168. The molecule has 2 aromatic carbocycles. The van der Waals surface area contributed by atoms with Crippen molar-refractivity contribution in [1.82, 2.24) is 4.90 Å². The molecule has 0 aromatic heterocycles. The van der Waals surface area contributed by atoms with Gasteiger partial charge in [0.25, 0.3) is 5.91 Å². The molecule has 3 atom stereocenters. The van der Waals surface area contributed by atoms with Gasteiger partial charge in [-0.05, 0) is 67.5 Å². The van der Waals surface area contributed by atoms with Crippen molar-refractivity contribution >= 4 is 41.4 Å². The van der Waals surface area contributed by atoms with Crippen LogP contribution < -0.4 is 14.8 Å². The van der Waals surface area contributed by atoms with Crippen molar-refractivity contribution in [3.05, 3.63) is 66.2 Å². The van der Waals surface area contributed by atoms with Crippen LogP contribution in [0.15, 0.2) is 55.1 Å². The van der Waals surface area contributed by atoms with Gasteiger partial charge in [-0.1, -0.05) is 38.6 Å². The summed E-state index contributed by atoms with van der Waals surface area (Å²) in [5, 5.41) is 31.6. The van der Waals surface area contributed by atoms with Crippen molar-refractivity contribution < 1.29 is 63.0 Å². The van der Waals surface area contributed by atoms with E-state index < -0.39 is 66.0 Å². The van der Waals surface area contributed by atoms with Crippen LogP contribution in [0.25, 0.3) is 0 Å². The minimum atomic E-state index is -1.60. The Balaban J connectivity index is 1.87. The summed E-state index contributed by atoms with van der Waals surface area (Å²) in [6.45, 7) is 5.83. The highest BCUT2D eigenvalue weighted by Gasteiger charge is 2.42. The van der Waals surface area contributed by atoms with Crippen LogP contribution in [0.4, 0.5) is 5.69 Å². The van der Waals surface area contributed by atoms with E-state index in [4.69, 9.17) is 29.2 Å². The molecule has 1 heterocycles. The van der Waals surface area contributed by atoms with E-state index in [9.17, 15) is 33.9 Å². The van der Waals surface area contributed by atoms with Crippen LogP contribution in [0, 0.1) is 5.41 Å². The van der Waals surface area contributed by atoms with Gasteiger partial charge in [-0.3, -0.25) is 14.4 Å². The summed E-state index contributed by atoms with van der Waals surface area (Å²) >= 11 is 0. The fourth-order valence-electron chi connectivity index (χ4n) is 5.52. The Kier molecular flexibility index (Phi) is 15.2. The van der Waals surface area contributed by atoms with Crippen molar-refractivity contribution in [2.45, 2.75) is 77.0 Å². The number of rotatable bonds is 19. The normalized spacial score (nSPS) is 15.4. The summed E-state index contributed by atoms with van der Waals surface area (Å²) in [6.07, 6.45) is -0.0440. The molecule has 52 heavy (non-hydrogen) atoms. The van der Waals surface area contributed by atoms with Gasteiger partial charge >= 0.3 is 23.9 Å². The number of esters is 2. The fourth-order valence-corrected chi connectivity index (χ4v) is 5.52. The number of aliphatic hydroxyl groups excluding tert-OH is 1. The number of aliphatic hydroxyl groups is 1. The lowest BCUT2D eigenvalue weighted by atomic mass is 9.85. The van der Waals surface area contributed by atoms with Crippen LogP contribution in [0.5, 0.6) is 11.5 Å². The molecular formula is C37H46N2O13. The number of anilines is 1. The molecule has 3 rings (SSSR count). The number of ether oxygens (including phenoxy) is 4. The molecular weight excluding hydrogens is 680 g/mol. The largest absolute Gasteiger partial charge is 0.493 e. The van der Waals surface area contributed by atoms with Gasteiger partial charge in [0.05, 0.1) is 20.1 Å². The molecule has 2 aromatic rings. The third-order valence-corrected chi connectivity index (χ3v) is 8.43. The number of aliphatic carboxylic acids is 2. The molecule has 0 spiro atoms. The number of carbonyl (C=O) groups excluding carboxylic acids is 4. The predicted molar refractivity (Wildman–Crippen MR) is 186 cm³/mol. The number of benzene rings is 2. The van der Waals surface area contributed by atoms with Gasteiger partial charge in [-0.25, -0.2) is 14.4 Å². The molecule has 1 aliphatic heterocycles. The summed E-state index contributed by atoms with van der Waals surface area (Å²) in [5.74, 6) is -4.36. The summed E-state index contributed by atoms with van der Waals surface area (Å²) < 4.78 is 21.9. The fraction of sp³-hybridized carbons (Fsp3) is 0.459. The molecule has 1 aliphatic rings. The number of nitrogens with zero attached hydrogens (tertiary/aromatic N) is 1. The number of likely N-dealkylation sites (tertiary alicyclic amines) is 1. The average molecular weight is 727 g/mol. The zero-order valence-electron chi connectivity index (χ0n) is 29.5. The van der Waals surface area contributed by atoms with Crippen molar-refractivity contribution in [2.75, 3.05) is 32.2 Å². The Bertz CT molecular complexity index is 1620. The zero-order chi connectivity index (χ0) is 38.4. The molecule has 0 bridgehead atoms. The van der Waals surface area contributed by atoms with E-state index in [2.05, 4.69) is 11.9 Å². The van der Waals surface area contributed by atoms with Crippen molar-refractivity contribution in [2.24, 2.45) is 5.41 Å². The molecule has 0 saturated carbocycles. The van der Waals surface area contributed by atoms with E-state index >= 15 is 0 Å². The van der Waals surface area contributed by atoms with E-state index in [0.29, 0.717) is 36.3 Å². The third kappa shape index (κ3) is 12.1. The van der Waals surface area contributed by atoms with Crippen molar-refractivity contribution in [1.29, 1.82) is 0 Å². The van der Waals surface area contributed by atoms with Crippen molar-refractivity contribution in [3.8, 4) is 11.5 Å². The smallest absolute Gasteiger partial charge is 0.341 e. The summed E-state index contributed by atoms with van der Waals surface area (Å²) in [6, 6.07) is 10.5. The topological polar surface area (TPSA) is 215 Å². The minimum Gasteiger partial charge on any atom is -0.493 e. The quantitative estimate of drug-likeness (QED) is 0.120. The molecule has 0 radical (unpaired) electrons. The first kappa shape index (κ1) is 41.0. The Morgan fingerprint density at radius 2 is 1.77 bits per heavy atom. The SMILES string of the molecule is C=CC(=O)OCC(C)(C)C(O)C(=O)N1CCCC[C@H]1C(=O)O[C@H](CCc1ccc(OCC(=O)O)c(OC)c1)c1cccc(NC(=O)CCC(=O)O)c1. The first-order valence-corrected chi connectivity index (χ1v) is 16.8. The lowest BCUT2D eigenvalue weighted by Gasteiger charge is -2.39. The van der Waals surface area contributed by atoms with Gasteiger partial charge in [0.1, 0.15) is 18.2 Å². The predicted octanol–water partition coefficient (Wildman–Crippen LogP) is 3.68. The number of carboxylic acid groups (broad SMARTS) is 2. The van der Waals surface area contributed by atoms with Crippen LogP contribution in [-0.4, -0.2) is 94.9 Å². The first-order chi connectivity index (χ1) is 24.6. The van der Waals surface area contributed by atoms with Gasteiger partial charge in [-0.2, -0.15) is 0 Å². The third-order valence-electron chi connectivity index (χ3n) is 8.43. The Morgan fingerprint density at radius 3 is 2.44 bits per heavy atom. The Morgan fingerprint density at radius 1 is 1.02 bits per heavy atom. The maximum Gasteiger partial charge on any atom is 0.341 e. The van der Waals surface area contributed by atoms with E-state index in [-0.39, 0.29) is 44.6 Å². The number of piperidine rings is 1. The van der Waals surface area contributed by atoms with E-state index in [1.807, 2.05) is 0 Å². The van der Waals surface area contributed by atoms with Gasteiger partial charge in [0.15, 0.2) is 18.1 Å². The molecule has 282 valence electrons. The van der Waals surface area contributed by atoms with Crippen LogP contribution in [0.3, 0.4) is 0 Å². The zero-order valence-corrected chi connectivity index (χ0v) is 29.5. The van der Waals surface area contributed by atoms with Gasteiger partial charge in [0, 0.05) is 30.1 Å². The highest BCUT2D eigenvalue weighted by Crippen LogP contribution is 2.33. The minimum absolute atomic E-state index is 0.191. The highest BCUT2D eigenvalue weighted by molar-refractivity contribution is 5.92. The standard InChI is InChI=1S/C37H46N2O13/c1-5-33(45)51-22-37(2,3)34(46)35(47)39-18-7-6-11-26(39)36(48)52-27(24-9-8-10-25(20-24)38-30(40)16-17-31(41)42)14-12-23-13-15-28(29(19-23)49-4)50-21-32(43)44/h5,8-10,13,15,19-20,26-27,34,46H,1,6-7,11-12,14,16-18,21-22H2,2-4H3,(H,38,40)(H,41,42)(H,43,44)/t26-,27+,34?/m0/s1. The number of hydrogen-bond acceptors (Lipinski definition) is 11. The van der Waals surface area contributed by atoms with E-state index in [0.717, 1.165) is 11.6 Å².